The van der Waals surface area contributed by atoms with E-state index in [9.17, 15) is 4.79 Å². The molecule has 0 saturated carbocycles. The first-order valence-electron chi connectivity index (χ1n) is 4.16. The molecule has 0 spiro atoms. The number of rotatable bonds is 2. The van der Waals surface area contributed by atoms with Gasteiger partial charge in [0.2, 0.25) is 5.91 Å². The molecule has 1 aromatic rings. The molecule has 0 saturated heterocycles. The van der Waals surface area contributed by atoms with Crippen LogP contribution in [0.25, 0.3) is 0 Å². The van der Waals surface area contributed by atoms with E-state index in [1.54, 1.807) is 13.2 Å². The number of ether oxygens (including phenoxy) is 1. The molecule has 14 heavy (non-hydrogen) atoms. The number of hydrogen-bond donors (Lipinski definition) is 1. The first-order valence-corrected chi connectivity index (χ1v) is 4.54. The Morgan fingerprint density at radius 3 is 2.57 bits per heavy atom. The van der Waals surface area contributed by atoms with E-state index in [4.69, 9.17) is 16.3 Å². The van der Waals surface area contributed by atoms with E-state index in [1.807, 2.05) is 13.0 Å². The normalized spacial score (nSPS) is 9.71. The van der Waals surface area contributed by atoms with Crippen LogP contribution in [0.4, 0.5) is 5.69 Å². The highest BCUT2D eigenvalue weighted by atomic mass is 35.5. The molecule has 1 N–H and O–H groups in total. The molecule has 0 aromatic heterocycles. The van der Waals surface area contributed by atoms with E-state index >= 15 is 0 Å². The van der Waals surface area contributed by atoms with Crippen LogP contribution in [0.3, 0.4) is 0 Å². The van der Waals surface area contributed by atoms with E-state index in [-0.39, 0.29) is 5.91 Å². The van der Waals surface area contributed by atoms with Crippen molar-refractivity contribution in [3.63, 3.8) is 0 Å². The maximum atomic E-state index is 10.8. The molecule has 3 nitrogen and oxygen atoms in total. The Labute approximate surface area is 88.0 Å². The Hall–Kier alpha value is -1.22. The number of halogens is 1. The second-order valence-corrected chi connectivity index (χ2v) is 3.40. The summed E-state index contributed by atoms with van der Waals surface area (Å²) < 4.78 is 5.09. The second kappa shape index (κ2) is 4.33. The average molecular weight is 214 g/mol. The van der Waals surface area contributed by atoms with E-state index in [0.717, 1.165) is 5.56 Å². The predicted molar refractivity (Wildman–Crippen MR) is 57.0 cm³/mol. The number of hydrogen-bond acceptors (Lipinski definition) is 2. The largest absolute Gasteiger partial charge is 0.495 e. The van der Waals surface area contributed by atoms with Crippen molar-refractivity contribution in [2.75, 3.05) is 12.4 Å². The summed E-state index contributed by atoms with van der Waals surface area (Å²) in [4.78, 5) is 10.8. The van der Waals surface area contributed by atoms with Crippen molar-refractivity contribution in [1.29, 1.82) is 0 Å². The quantitative estimate of drug-likeness (QED) is 0.820. The Morgan fingerprint density at radius 2 is 2.14 bits per heavy atom. The molecule has 1 amide bonds. The summed E-state index contributed by atoms with van der Waals surface area (Å²) in [5.74, 6) is 0.520. The SMILES string of the molecule is COc1c(C)cc(NC(C)=O)cc1Cl. The van der Waals surface area contributed by atoms with Crippen molar-refractivity contribution in [2.45, 2.75) is 13.8 Å². The Bertz CT molecular complexity index is 340. The van der Waals surface area contributed by atoms with Crippen LogP contribution < -0.4 is 10.1 Å². The van der Waals surface area contributed by atoms with Crippen LogP contribution in [0.5, 0.6) is 5.75 Å². The molecule has 0 bridgehead atoms. The van der Waals surface area contributed by atoms with Gasteiger partial charge in [-0.15, -0.1) is 0 Å². The van der Waals surface area contributed by atoms with Crippen molar-refractivity contribution >= 4 is 23.2 Å². The molecule has 1 rings (SSSR count). The number of anilines is 1. The Kier molecular flexibility index (Phi) is 3.36. The van der Waals surface area contributed by atoms with Gasteiger partial charge in [-0.2, -0.15) is 0 Å². The highest BCUT2D eigenvalue weighted by Gasteiger charge is 2.07. The van der Waals surface area contributed by atoms with Crippen LogP contribution in [0.2, 0.25) is 5.02 Å². The monoisotopic (exact) mass is 213 g/mol. The summed E-state index contributed by atoms with van der Waals surface area (Å²) >= 11 is 5.94. The molecule has 1 aromatic carbocycles. The topological polar surface area (TPSA) is 38.3 Å². The number of benzene rings is 1. The number of nitrogens with one attached hydrogen (secondary N) is 1. The van der Waals surface area contributed by atoms with Crippen molar-refractivity contribution < 1.29 is 9.53 Å². The molecule has 0 atom stereocenters. The van der Waals surface area contributed by atoms with Gasteiger partial charge < -0.3 is 10.1 Å². The Morgan fingerprint density at radius 1 is 1.50 bits per heavy atom. The predicted octanol–water partition coefficient (Wildman–Crippen LogP) is 2.62. The van der Waals surface area contributed by atoms with Crippen molar-refractivity contribution in [2.24, 2.45) is 0 Å². The molecule has 0 unspecified atom stereocenters. The van der Waals surface area contributed by atoms with Gasteiger partial charge >= 0.3 is 0 Å². The van der Waals surface area contributed by atoms with Crippen LogP contribution in [0, 0.1) is 6.92 Å². The van der Waals surface area contributed by atoms with Gasteiger partial charge in [-0.1, -0.05) is 11.6 Å². The minimum absolute atomic E-state index is 0.120. The van der Waals surface area contributed by atoms with Crippen molar-refractivity contribution in [3.05, 3.63) is 22.7 Å². The van der Waals surface area contributed by atoms with E-state index in [0.29, 0.717) is 16.5 Å². The lowest BCUT2D eigenvalue weighted by molar-refractivity contribution is -0.114. The highest BCUT2D eigenvalue weighted by Crippen LogP contribution is 2.31. The van der Waals surface area contributed by atoms with Crippen molar-refractivity contribution in [3.8, 4) is 5.75 Å². The molecular formula is C10H12ClNO2. The van der Waals surface area contributed by atoms with Gasteiger partial charge in [0, 0.05) is 12.6 Å². The van der Waals surface area contributed by atoms with Gasteiger partial charge in [0.25, 0.3) is 0 Å². The minimum Gasteiger partial charge on any atom is -0.495 e. The number of amides is 1. The third-order valence-electron chi connectivity index (χ3n) is 1.75. The average Bonchev–Trinajstić information content (AvgIpc) is 2.01. The fourth-order valence-electron chi connectivity index (χ4n) is 1.26. The van der Waals surface area contributed by atoms with Gasteiger partial charge in [-0.3, -0.25) is 4.79 Å². The summed E-state index contributed by atoms with van der Waals surface area (Å²) in [7, 11) is 1.56. The molecular weight excluding hydrogens is 202 g/mol. The molecule has 0 heterocycles. The number of carbonyl (C=O) groups excluding carboxylic acids is 1. The fourth-order valence-corrected chi connectivity index (χ4v) is 1.61. The molecule has 0 aliphatic carbocycles. The van der Waals surface area contributed by atoms with Crippen LogP contribution >= 0.6 is 11.6 Å². The van der Waals surface area contributed by atoms with Gasteiger partial charge in [0.15, 0.2) is 0 Å². The molecule has 4 heteroatoms. The zero-order chi connectivity index (χ0) is 10.7. The van der Waals surface area contributed by atoms with Crippen LogP contribution in [-0.2, 0) is 4.79 Å². The summed E-state index contributed by atoms with van der Waals surface area (Å²) in [6, 6.07) is 3.47. The van der Waals surface area contributed by atoms with E-state index in [2.05, 4.69) is 5.32 Å². The smallest absolute Gasteiger partial charge is 0.221 e. The molecule has 0 fully saturated rings. The van der Waals surface area contributed by atoms with E-state index in [1.165, 1.54) is 6.92 Å². The molecule has 76 valence electrons. The summed E-state index contributed by atoms with van der Waals surface area (Å²) in [5.41, 5.74) is 1.57. The zero-order valence-electron chi connectivity index (χ0n) is 8.35. The number of carbonyl (C=O) groups is 1. The molecule has 0 aliphatic rings. The Balaban J connectivity index is 3.07. The summed E-state index contributed by atoms with van der Waals surface area (Å²) in [5, 5.41) is 3.16. The lowest BCUT2D eigenvalue weighted by atomic mass is 10.2. The van der Waals surface area contributed by atoms with Crippen LogP contribution in [0.15, 0.2) is 12.1 Å². The van der Waals surface area contributed by atoms with Crippen molar-refractivity contribution in [1.82, 2.24) is 0 Å². The first kappa shape index (κ1) is 10.9. The molecule has 0 aliphatic heterocycles. The third-order valence-corrected chi connectivity index (χ3v) is 2.03. The second-order valence-electron chi connectivity index (χ2n) is 2.99. The first-order chi connectivity index (χ1) is 6.54. The van der Waals surface area contributed by atoms with Gasteiger partial charge in [0.1, 0.15) is 5.75 Å². The molecule has 0 radical (unpaired) electrons. The standard InChI is InChI=1S/C10H12ClNO2/c1-6-4-8(12-7(2)13)5-9(11)10(6)14-3/h4-5H,1-3H3,(H,12,13). The maximum Gasteiger partial charge on any atom is 0.221 e. The lowest BCUT2D eigenvalue weighted by Gasteiger charge is -2.09. The van der Waals surface area contributed by atoms with Gasteiger partial charge in [-0.25, -0.2) is 0 Å². The number of aryl methyl sites for hydroxylation is 1. The van der Waals surface area contributed by atoms with Crippen LogP contribution in [-0.4, -0.2) is 13.0 Å². The third kappa shape index (κ3) is 2.39. The van der Waals surface area contributed by atoms with Crippen LogP contribution in [0.1, 0.15) is 12.5 Å². The minimum atomic E-state index is -0.120. The zero-order valence-corrected chi connectivity index (χ0v) is 9.11. The summed E-state index contributed by atoms with van der Waals surface area (Å²) in [6.45, 7) is 3.32. The summed E-state index contributed by atoms with van der Waals surface area (Å²) in [6.07, 6.45) is 0. The number of methoxy groups -OCH3 is 1. The van der Waals surface area contributed by atoms with Gasteiger partial charge in [0.05, 0.1) is 12.1 Å². The lowest BCUT2D eigenvalue weighted by Crippen LogP contribution is -2.06. The van der Waals surface area contributed by atoms with E-state index < -0.39 is 0 Å². The fraction of sp³-hybridized carbons (Fsp3) is 0.300. The maximum absolute atomic E-state index is 10.8. The highest BCUT2D eigenvalue weighted by molar-refractivity contribution is 6.32. The van der Waals surface area contributed by atoms with Gasteiger partial charge in [-0.05, 0) is 24.6 Å².